The van der Waals surface area contributed by atoms with E-state index in [0.717, 1.165) is 10.4 Å². The van der Waals surface area contributed by atoms with Crippen molar-refractivity contribution in [1.82, 2.24) is 0 Å². The van der Waals surface area contributed by atoms with Crippen LogP contribution < -0.4 is 9.47 Å². The molecule has 0 saturated heterocycles. The van der Waals surface area contributed by atoms with E-state index in [1.54, 1.807) is 24.3 Å². The highest BCUT2D eigenvalue weighted by Gasteiger charge is 2.12. The summed E-state index contributed by atoms with van der Waals surface area (Å²) in [6.45, 7) is 1.63. The number of Topliss-reactive ketones (excluding diaryl/α,β-unsaturated/α-hetero) is 1. The van der Waals surface area contributed by atoms with E-state index in [-0.39, 0.29) is 12.4 Å². The molecule has 0 atom stereocenters. The van der Waals surface area contributed by atoms with Gasteiger partial charge in [0.25, 0.3) is 0 Å². The van der Waals surface area contributed by atoms with Crippen LogP contribution in [0.2, 0.25) is 0 Å². The molecule has 0 radical (unpaired) electrons. The summed E-state index contributed by atoms with van der Waals surface area (Å²) in [5, 5.41) is 1.95. The summed E-state index contributed by atoms with van der Waals surface area (Å²) >= 11 is 1.53. The molecule has 6 heteroatoms. The second-order valence-corrected chi connectivity index (χ2v) is 5.85. The number of ketones is 1. The minimum atomic E-state index is -0.559. The second kappa shape index (κ2) is 8.31. The fourth-order valence-corrected chi connectivity index (χ4v) is 2.80. The predicted molar refractivity (Wildman–Crippen MR) is 92.9 cm³/mol. The topological polar surface area (TPSA) is 61.8 Å². The zero-order valence-corrected chi connectivity index (χ0v) is 14.5. The van der Waals surface area contributed by atoms with Gasteiger partial charge in [-0.3, -0.25) is 4.79 Å². The number of carbonyl (C=O) groups is 2. The Bertz CT molecular complexity index is 761. The molecule has 0 aliphatic heterocycles. The van der Waals surface area contributed by atoms with Gasteiger partial charge in [0.2, 0.25) is 0 Å². The van der Waals surface area contributed by atoms with Crippen molar-refractivity contribution in [3.05, 3.63) is 51.7 Å². The van der Waals surface area contributed by atoms with Gasteiger partial charge in [0.05, 0.1) is 14.2 Å². The summed E-state index contributed by atoms with van der Waals surface area (Å²) in [6.07, 6.45) is 3.00. The number of methoxy groups -OCH3 is 2. The van der Waals surface area contributed by atoms with E-state index in [2.05, 4.69) is 0 Å². The number of aryl methyl sites for hydroxylation is 1. The number of carbonyl (C=O) groups excluding carboxylic acids is 2. The standard InChI is InChI=1S/C18H18O5S/c1-12-8-9-24-17(12)6-7-18(20)23-11-14(19)13-4-5-15(21-2)16(10-13)22-3/h4-10H,11H2,1-3H3/b7-6+. The molecule has 5 nitrogen and oxygen atoms in total. The van der Waals surface area contributed by atoms with Crippen molar-refractivity contribution < 1.29 is 23.8 Å². The van der Waals surface area contributed by atoms with E-state index < -0.39 is 5.97 Å². The maximum absolute atomic E-state index is 12.1. The van der Waals surface area contributed by atoms with Crippen molar-refractivity contribution in [2.24, 2.45) is 0 Å². The minimum absolute atomic E-state index is 0.315. The molecule has 0 saturated carbocycles. The summed E-state index contributed by atoms with van der Waals surface area (Å²) in [6, 6.07) is 6.76. The van der Waals surface area contributed by atoms with Gasteiger partial charge in [-0.1, -0.05) is 0 Å². The fourth-order valence-electron chi connectivity index (χ4n) is 1.98. The predicted octanol–water partition coefficient (Wildman–Crippen LogP) is 3.51. The van der Waals surface area contributed by atoms with Crippen LogP contribution in [0.1, 0.15) is 20.8 Å². The molecule has 2 aromatic rings. The van der Waals surface area contributed by atoms with Crippen molar-refractivity contribution >= 4 is 29.2 Å². The Morgan fingerprint density at radius 2 is 1.88 bits per heavy atom. The van der Waals surface area contributed by atoms with Crippen molar-refractivity contribution in [3.63, 3.8) is 0 Å². The number of hydrogen-bond acceptors (Lipinski definition) is 6. The van der Waals surface area contributed by atoms with E-state index in [0.29, 0.717) is 17.1 Å². The molecular formula is C18H18O5S. The molecule has 126 valence electrons. The summed E-state index contributed by atoms with van der Waals surface area (Å²) in [5.41, 5.74) is 1.48. The molecule has 0 bridgehead atoms. The molecule has 0 spiro atoms. The molecule has 0 aliphatic rings. The molecule has 0 fully saturated rings. The van der Waals surface area contributed by atoms with Crippen LogP contribution in [-0.4, -0.2) is 32.6 Å². The first kappa shape index (κ1) is 17.7. The monoisotopic (exact) mass is 346 g/mol. The van der Waals surface area contributed by atoms with Crippen molar-refractivity contribution in [2.45, 2.75) is 6.92 Å². The molecule has 0 amide bonds. The van der Waals surface area contributed by atoms with Crippen LogP contribution in [-0.2, 0) is 9.53 Å². The summed E-state index contributed by atoms with van der Waals surface area (Å²) < 4.78 is 15.2. The van der Waals surface area contributed by atoms with E-state index in [1.807, 2.05) is 18.4 Å². The van der Waals surface area contributed by atoms with Crippen LogP contribution >= 0.6 is 11.3 Å². The lowest BCUT2D eigenvalue weighted by Gasteiger charge is -2.09. The van der Waals surface area contributed by atoms with Gasteiger partial charge < -0.3 is 14.2 Å². The normalized spacial score (nSPS) is 10.6. The highest BCUT2D eigenvalue weighted by atomic mass is 32.1. The first-order valence-corrected chi connectivity index (χ1v) is 8.07. The van der Waals surface area contributed by atoms with Crippen molar-refractivity contribution in [1.29, 1.82) is 0 Å². The highest BCUT2D eigenvalue weighted by molar-refractivity contribution is 7.11. The van der Waals surface area contributed by atoms with Crippen LogP contribution in [0.3, 0.4) is 0 Å². The Morgan fingerprint density at radius 3 is 2.50 bits per heavy atom. The van der Waals surface area contributed by atoms with Gasteiger partial charge in [-0.15, -0.1) is 11.3 Å². The zero-order chi connectivity index (χ0) is 17.5. The van der Waals surface area contributed by atoms with Crippen LogP contribution in [0.5, 0.6) is 11.5 Å². The van der Waals surface area contributed by atoms with E-state index >= 15 is 0 Å². The van der Waals surface area contributed by atoms with E-state index in [9.17, 15) is 9.59 Å². The molecule has 1 aromatic carbocycles. The van der Waals surface area contributed by atoms with Gasteiger partial charge in [0.1, 0.15) is 0 Å². The molecule has 1 aromatic heterocycles. The largest absolute Gasteiger partial charge is 0.493 e. The van der Waals surface area contributed by atoms with Gasteiger partial charge in [0, 0.05) is 16.5 Å². The fraction of sp³-hybridized carbons (Fsp3) is 0.222. The molecule has 1 heterocycles. The van der Waals surface area contributed by atoms with Crippen molar-refractivity contribution in [2.75, 3.05) is 20.8 Å². The SMILES string of the molecule is COc1ccc(C(=O)COC(=O)/C=C/c2sccc2C)cc1OC. The van der Waals surface area contributed by atoms with E-state index in [4.69, 9.17) is 14.2 Å². The Morgan fingerprint density at radius 1 is 1.12 bits per heavy atom. The number of rotatable bonds is 7. The van der Waals surface area contributed by atoms with E-state index in [1.165, 1.54) is 31.6 Å². The third kappa shape index (κ3) is 4.45. The lowest BCUT2D eigenvalue weighted by atomic mass is 10.1. The van der Waals surface area contributed by atoms with Crippen molar-refractivity contribution in [3.8, 4) is 11.5 Å². The van der Waals surface area contributed by atoms with Crippen LogP contribution in [0, 0.1) is 6.92 Å². The number of benzene rings is 1. The molecule has 0 aliphatic carbocycles. The molecule has 24 heavy (non-hydrogen) atoms. The maximum Gasteiger partial charge on any atom is 0.331 e. The summed E-state index contributed by atoms with van der Waals surface area (Å²) in [7, 11) is 3.01. The van der Waals surface area contributed by atoms with Crippen LogP contribution in [0.15, 0.2) is 35.7 Å². The first-order valence-electron chi connectivity index (χ1n) is 7.19. The molecule has 2 rings (SSSR count). The Balaban J connectivity index is 1.94. The quantitative estimate of drug-likeness (QED) is 0.436. The molecule has 0 unspecified atom stereocenters. The van der Waals surface area contributed by atoms with Gasteiger partial charge in [-0.2, -0.15) is 0 Å². The number of thiophene rings is 1. The second-order valence-electron chi connectivity index (χ2n) is 4.90. The molecule has 0 N–H and O–H groups in total. The maximum atomic E-state index is 12.1. The highest BCUT2D eigenvalue weighted by Crippen LogP contribution is 2.27. The molecular weight excluding hydrogens is 328 g/mol. The number of esters is 1. The first-order chi connectivity index (χ1) is 11.5. The Kier molecular flexibility index (Phi) is 6.14. The number of ether oxygens (including phenoxy) is 3. The summed E-state index contributed by atoms with van der Waals surface area (Å²) in [5.74, 6) is 0.102. The van der Waals surface area contributed by atoms with Gasteiger partial charge in [-0.25, -0.2) is 4.79 Å². The Labute approximate surface area is 144 Å². The minimum Gasteiger partial charge on any atom is -0.493 e. The lowest BCUT2D eigenvalue weighted by Crippen LogP contribution is -2.12. The van der Waals surface area contributed by atoms with Gasteiger partial charge >= 0.3 is 5.97 Å². The smallest absolute Gasteiger partial charge is 0.331 e. The zero-order valence-electron chi connectivity index (χ0n) is 13.7. The van der Waals surface area contributed by atoms with Crippen LogP contribution in [0.25, 0.3) is 6.08 Å². The third-order valence-corrected chi connectivity index (χ3v) is 4.31. The van der Waals surface area contributed by atoms with Gasteiger partial charge in [0.15, 0.2) is 23.9 Å². The van der Waals surface area contributed by atoms with Crippen LogP contribution in [0.4, 0.5) is 0 Å². The average Bonchev–Trinajstić information content (AvgIpc) is 3.02. The number of hydrogen-bond donors (Lipinski definition) is 0. The lowest BCUT2D eigenvalue weighted by molar-refractivity contribution is -0.136. The third-order valence-electron chi connectivity index (χ3n) is 3.32. The Hall–Kier alpha value is -2.60. The summed E-state index contributed by atoms with van der Waals surface area (Å²) in [4.78, 5) is 24.8. The average molecular weight is 346 g/mol. The van der Waals surface area contributed by atoms with Gasteiger partial charge in [-0.05, 0) is 48.2 Å².